The first-order valence-electron chi connectivity index (χ1n) is 5.76. The van der Waals surface area contributed by atoms with Gasteiger partial charge in [-0.25, -0.2) is 0 Å². The van der Waals surface area contributed by atoms with Crippen molar-refractivity contribution in [1.29, 1.82) is 0 Å². The van der Waals surface area contributed by atoms with Crippen LogP contribution in [0.1, 0.15) is 24.3 Å². The number of nitrogens with zero attached hydrogens (tertiary/aromatic N) is 1. The number of nitrogens with two attached hydrogens (primary N) is 1. The van der Waals surface area contributed by atoms with E-state index in [4.69, 9.17) is 5.73 Å². The standard InChI is InChI=1S/C12H21BrN2S2/c1-9(14)12(10-5-6-11(13)17-10)15(2)7-4-8-16-3/h5-6,9,12H,4,7-8,14H2,1-3H3. The summed E-state index contributed by atoms with van der Waals surface area (Å²) < 4.78 is 1.18. The minimum atomic E-state index is 0.153. The maximum atomic E-state index is 6.13. The zero-order chi connectivity index (χ0) is 12.8. The Morgan fingerprint density at radius 1 is 1.53 bits per heavy atom. The average molecular weight is 337 g/mol. The van der Waals surface area contributed by atoms with E-state index in [1.807, 2.05) is 11.8 Å². The summed E-state index contributed by atoms with van der Waals surface area (Å²) in [6.07, 6.45) is 3.37. The molecule has 5 heteroatoms. The molecule has 2 unspecified atom stereocenters. The lowest BCUT2D eigenvalue weighted by molar-refractivity contribution is 0.223. The maximum absolute atomic E-state index is 6.13. The SMILES string of the molecule is CSCCCN(C)C(c1ccc(Br)s1)C(C)N. The number of thiophene rings is 1. The Labute approximate surface area is 121 Å². The van der Waals surface area contributed by atoms with E-state index in [1.165, 1.54) is 20.8 Å². The van der Waals surface area contributed by atoms with Crippen molar-refractivity contribution in [2.24, 2.45) is 5.73 Å². The largest absolute Gasteiger partial charge is 0.326 e. The third-order valence-corrected chi connectivity index (χ3v) is 5.11. The average Bonchev–Trinajstić information content (AvgIpc) is 2.65. The molecule has 0 spiro atoms. The highest BCUT2D eigenvalue weighted by atomic mass is 79.9. The fourth-order valence-corrected chi connectivity index (χ4v) is 4.09. The van der Waals surface area contributed by atoms with Crippen molar-refractivity contribution in [3.63, 3.8) is 0 Å². The number of hydrogen-bond acceptors (Lipinski definition) is 4. The van der Waals surface area contributed by atoms with E-state index in [1.54, 1.807) is 11.3 Å². The normalized spacial score (nSPS) is 15.2. The van der Waals surface area contributed by atoms with Crippen LogP contribution in [-0.2, 0) is 0 Å². The first kappa shape index (κ1) is 15.5. The summed E-state index contributed by atoms with van der Waals surface area (Å²) >= 11 is 7.20. The molecule has 17 heavy (non-hydrogen) atoms. The summed E-state index contributed by atoms with van der Waals surface area (Å²) in [5, 5.41) is 0. The van der Waals surface area contributed by atoms with Crippen LogP contribution in [0.2, 0.25) is 0 Å². The molecule has 2 atom stereocenters. The van der Waals surface area contributed by atoms with Gasteiger partial charge in [-0.1, -0.05) is 0 Å². The van der Waals surface area contributed by atoms with E-state index in [0.717, 1.165) is 6.54 Å². The van der Waals surface area contributed by atoms with Crippen molar-refractivity contribution in [2.75, 3.05) is 25.6 Å². The Morgan fingerprint density at radius 3 is 2.71 bits per heavy atom. The highest BCUT2D eigenvalue weighted by molar-refractivity contribution is 9.11. The van der Waals surface area contributed by atoms with Gasteiger partial charge < -0.3 is 5.73 Å². The molecule has 98 valence electrons. The van der Waals surface area contributed by atoms with Crippen LogP contribution in [0.5, 0.6) is 0 Å². The summed E-state index contributed by atoms with van der Waals surface area (Å²) in [7, 11) is 2.17. The number of thioether (sulfide) groups is 1. The van der Waals surface area contributed by atoms with Crippen LogP contribution >= 0.6 is 39.0 Å². The predicted molar refractivity (Wildman–Crippen MR) is 84.0 cm³/mol. The Balaban J connectivity index is 2.65. The fraction of sp³-hybridized carbons (Fsp3) is 0.667. The Hall–Kier alpha value is 0.450. The highest BCUT2D eigenvalue weighted by Crippen LogP contribution is 2.31. The van der Waals surface area contributed by atoms with Gasteiger partial charge in [0.1, 0.15) is 0 Å². The third kappa shape index (κ3) is 4.91. The van der Waals surface area contributed by atoms with Gasteiger partial charge in [-0.2, -0.15) is 11.8 Å². The monoisotopic (exact) mass is 336 g/mol. The lowest BCUT2D eigenvalue weighted by atomic mass is 10.1. The second-order valence-corrected chi connectivity index (χ2v) is 7.75. The van der Waals surface area contributed by atoms with Gasteiger partial charge in [0.15, 0.2) is 0 Å². The summed E-state index contributed by atoms with van der Waals surface area (Å²) in [5.74, 6) is 1.21. The van der Waals surface area contributed by atoms with E-state index in [2.05, 4.69) is 53.2 Å². The third-order valence-electron chi connectivity index (χ3n) is 2.72. The molecule has 1 heterocycles. The van der Waals surface area contributed by atoms with Crippen LogP contribution in [0, 0.1) is 0 Å². The quantitative estimate of drug-likeness (QED) is 0.771. The van der Waals surface area contributed by atoms with E-state index in [0.29, 0.717) is 6.04 Å². The molecule has 2 N–H and O–H groups in total. The van der Waals surface area contributed by atoms with Gasteiger partial charge in [0.05, 0.1) is 9.83 Å². The van der Waals surface area contributed by atoms with Crippen LogP contribution in [0.25, 0.3) is 0 Å². The highest BCUT2D eigenvalue weighted by Gasteiger charge is 2.22. The zero-order valence-corrected chi connectivity index (χ0v) is 13.9. The van der Waals surface area contributed by atoms with Gasteiger partial charge in [0.25, 0.3) is 0 Å². The molecule has 0 amide bonds. The molecule has 2 nitrogen and oxygen atoms in total. The Morgan fingerprint density at radius 2 is 2.24 bits per heavy atom. The van der Waals surface area contributed by atoms with Gasteiger partial charge in [-0.15, -0.1) is 11.3 Å². The molecule has 0 aliphatic carbocycles. The summed E-state index contributed by atoms with van der Waals surface area (Å²) in [5.41, 5.74) is 6.13. The molecule has 0 radical (unpaired) electrons. The van der Waals surface area contributed by atoms with Crippen LogP contribution in [0.3, 0.4) is 0 Å². The van der Waals surface area contributed by atoms with Crippen molar-refractivity contribution >= 4 is 39.0 Å². The minimum absolute atomic E-state index is 0.153. The topological polar surface area (TPSA) is 29.3 Å². The van der Waals surface area contributed by atoms with Gasteiger partial charge in [-0.3, -0.25) is 4.90 Å². The van der Waals surface area contributed by atoms with E-state index < -0.39 is 0 Å². The lowest BCUT2D eigenvalue weighted by Gasteiger charge is -2.30. The van der Waals surface area contributed by atoms with Crippen molar-refractivity contribution < 1.29 is 0 Å². The van der Waals surface area contributed by atoms with Crippen molar-refractivity contribution in [3.8, 4) is 0 Å². The van der Waals surface area contributed by atoms with Crippen LogP contribution in [0.15, 0.2) is 15.9 Å². The van der Waals surface area contributed by atoms with Crippen molar-refractivity contribution in [2.45, 2.75) is 25.4 Å². The molecule has 1 aromatic rings. The fourth-order valence-electron chi connectivity index (χ4n) is 1.96. The van der Waals surface area contributed by atoms with E-state index in [-0.39, 0.29) is 6.04 Å². The lowest BCUT2D eigenvalue weighted by Crippen LogP contribution is -2.37. The van der Waals surface area contributed by atoms with Gasteiger partial charge in [0.2, 0.25) is 0 Å². The van der Waals surface area contributed by atoms with Gasteiger partial charge in [0, 0.05) is 10.9 Å². The smallest absolute Gasteiger partial charge is 0.0702 e. The molecule has 0 saturated heterocycles. The number of likely N-dealkylation sites (N-methyl/N-ethyl adjacent to an activating group) is 1. The summed E-state index contributed by atoms with van der Waals surface area (Å²) in [4.78, 5) is 3.72. The Kier molecular flexibility index (Phi) is 7.11. The number of hydrogen-bond donors (Lipinski definition) is 1. The number of rotatable bonds is 7. The molecule has 1 rings (SSSR count). The molecule has 0 aromatic carbocycles. The van der Waals surface area contributed by atoms with Gasteiger partial charge >= 0.3 is 0 Å². The molecule has 0 bridgehead atoms. The summed E-state index contributed by atoms with van der Waals surface area (Å²) in [6, 6.07) is 4.76. The van der Waals surface area contributed by atoms with E-state index in [9.17, 15) is 0 Å². The Bertz CT molecular complexity index is 328. The van der Waals surface area contributed by atoms with Crippen molar-refractivity contribution in [3.05, 3.63) is 20.8 Å². The van der Waals surface area contributed by atoms with Crippen LogP contribution in [-0.4, -0.2) is 36.5 Å². The molecule has 1 aromatic heterocycles. The molecular weight excluding hydrogens is 316 g/mol. The summed E-state index contributed by atoms with van der Waals surface area (Å²) in [6.45, 7) is 3.19. The molecule has 0 fully saturated rings. The van der Waals surface area contributed by atoms with Crippen molar-refractivity contribution in [1.82, 2.24) is 4.90 Å². The van der Waals surface area contributed by atoms with Crippen LogP contribution < -0.4 is 5.73 Å². The predicted octanol–water partition coefficient (Wildman–Crippen LogP) is 3.58. The number of halogens is 1. The first-order chi connectivity index (χ1) is 8.06. The van der Waals surface area contributed by atoms with Crippen LogP contribution in [0.4, 0.5) is 0 Å². The molecular formula is C12H21BrN2S2. The maximum Gasteiger partial charge on any atom is 0.0702 e. The molecule has 0 aliphatic heterocycles. The second-order valence-electron chi connectivity index (χ2n) is 4.27. The first-order valence-corrected chi connectivity index (χ1v) is 8.76. The van der Waals surface area contributed by atoms with Gasteiger partial charge in [-0.05, 0) is 67.0 Å². The van der Waals surface area contributed by atoms with E-state index >= 15 is 0 Å². The zero-order valence-electron chi connectivity index (χ0n) is 10.6. The second kappa shape index (κ2) is 7.79. The minimum Gasteiger partial charge on any atom is -0.326 e. The molecule has 0 aliphatic rings. The molecule has 0 saturated carbocycles.